The molecule has 1 N–H and O–H groups in total. The molecule has 3 amide bonds. The van der Waals surface area contributed by atoms with E-state index in [1.54, 1.807) is 34.9 Å². The van der Waals surface area contributed by atoms with Gasteiger partial charge in [0, 0.05) is 35.2 Å². The number of hydrogen-bond donors (Lipinski definition) is 1. The summed E-state index contributed by atoms with van der Waals surface area (Å²) in [5, 5.41) is 4.90. The van der Waals surface area contributed by atoms with Crippen molar-refractivity contribution in [1.29, 1.82) is 0 Å². The fourth-order valence-electron chi connectivity index (χ4n) is 4.28. The number of anilines is 2. The highest BCUT2D eigenvalue weighted by molar-refractivity contribution is 8.00. The molecule has 3 aromatic rings. The number of nitrogens with one attached hydrogen (secondary N) is 1. The zero-order valence-electron chi connectivity index (χ0n) is 17.3. The fraction of sp³-hybridized carbons (Fsp3) is 0.160. The third-order valence-electron chi connectivity index (χ3n) is 5.72. The average Bonchev–Trinajstić information content (AvgIpc) is 3.19. The summed E-state index contributed by atoms with van der Waals surface area (Å²) in [5.41, 5.74) is 2.41. The molecule has 3 aromatic carbocycles. The van der Waals surface area contributed by atoms with E-state index in [-0.39, 0.29) is 36.2 Å². The van der Waals surface area contributed by atoms with E-state index in [0.29, 0.717) is 22.3 Å². The van der Waals surface area contributed by atoms with Crippen molar-refractivity contribution in [1.82, 2.24) is 4.90 Å². The molecule has 1 atom stereocenters. The van der Waals surface area contributed by atoms with Crippen LogP contribution in [0.5, 0.6) is 0 Å². The topological polar surface area (TPSA) is 69.7 Å². The van der Waals surface area contributed by atoms with Gasteiger partial charge in [-0.3, -0.25) is 24.2 Å². The maximum atomic E-state index is 13.3. The van der Waals surface area contributed by atoms with Crippen LogP contribution >= 0.6 is 11.8 Å². The molecular formula is C25H21N3O3S. The lowest BCUT2D eigenvalue weighted by molar-refractivity contribution is -0.118. The molecule has 32 heavy (non-hydrogen) atoms. The summed E-state index contributed by atoms with van der Waals surface area (Å²) in [4.78, 5) is 42.4. The van der Waals surface area contributed by atoms with Gasteiger partial charge < -0.3 is 5.32 Å². The minimum Gasteiger partial charge on any atom is -0.355 e. The van der Waals surface area contributed by atoms with Gasteiger partial charge >= 0.3 is 0 Å². The molecule has 0 fully saturated rings. The lowest BCUT2D eigenvalue weighted by Crippen LogP contribution is -2.44. The maximum absolute atomic E-state index is 13.3. The Bertz CT molecular complexity index is 1220. The van der Waals surface area contributed by atoms with Crippen molar-refractivity contribution in [3.05, 3.63) is 84.4 Å². The second kappa shape index (κ2) is 8.16. The zero-order chi connectivity index (χ0) is 22.2. The molecule has 0 aromatic heterocycles. The number of imide groups is 1. The van der Waals surface area contributed by atoms with Crippen LogP contribution in [-0.4, -0.2) is 40.4 Å². The van der Waals surface area contributed by atoms with E-state index in [1.165, 1.54) is 4.90 Å². The van der Waals surface area contributed by atoms with E-state index in [4.69, 9.17) is 0 Å². The Labute approximate surface area is 189 Å². The van der Waals surface area contributed by atoms with Gasteiger partial charge in [0.2, 0.25) is 5.91 Å². The Morgan fingerprint density at radius 1 is 1.00 bits per heavy atom. The molecule has 0 aliphatic carbocycles. The van der Waals surface area contributed by atoms with Gasteiger partial charge in [-0.15, -0.1) is 18.3 Å². The third kappa shape index (κ3) is 3.26. The summed E-state index contributed by atoms with van der Waals surface area (Å²) in [6.07, 6.45) is 1.83. The predicted molar refractivity (Wildman–Crippen MR) is 128 cm³/mol. The van der Waals surface area contributed by atoms with Gasteiger partial charge in [0.15, 0.2) is 5.50 Å². The van der Waals surface area contributed by atoms with Crippen LogP contribution in [0.25, 0.3) is 10.8 Å². The fourth-order valence-corrected chi connectivity index (χ4v) is 5.19. The van der Waals surface area contributed by atoms with E-state index in [1.807, 2.05) is 48.5 Å². The second-order valence-corrected chi connectivity index (χ2v) is 8.73. The van der Waals surface area contributed by atoms with Gasteiger partial charge in [-0.1, -0.05) is 42.5 Å². The summed E-state index contributed by atoms with van der Waals surface area (Å²) >= 11 is 1.56. The van der Waals surface area contributed by atoms with Crippen LogP contribution in [0.15, 0.2) is 73.3 Å². The highest BCUT2D eigenvalue weighted by atomic mass is 32.2. The third-order valence-corrected chi connectivity index (χ3v) is 6.80. The smallest absolute Gasteiger partial charge is 0.261 e. The van der Waals surface area contributed by atoms with E-state index >= 15 is 0 Å². The Morgan fingerprint density at radius 3 is 2.38 bits per heavy atom. The molecule has 2 heterocycles. The molecule has 0 spiro atoms. The molecule has 0 saturated heterocycles. The normalized spacial score (nSPS) is 16.8. The highest BCUT2D eigenvalue weighted by Crippen LogP contribution is 2.38. The molecule has 6 nitrogen and oxygen atoms in total. The minimum atomic E-state index is -0.357. The Balaban J connectivity index is 1.38. The largest absolute Gasteiger partial charge is 0.355 e. The van der Waals surface area contributed by atoms with Crippen molar-refractivity contribution >= 4 is 51.6 Å². The van der Waals surface area contributed by atoms with Gasteiger partial charge in [-0.05, 0) is 29.7 Å². The number of hydrogen-bond acceptors (Lipinski definition) is 5. The molecule has 0 bridgehead atoms. The van der Waals surface area contributed by atoms with Crippen LogP contribution in [0.1, 0.15) is 27.1 Å². The van der Waals surface area contributed by atoms with Crippen LogP contribution in [0.4, 0.5) is 11.4 Å². The summed E-state index contributed by atoms with van der Waals surface area (Å²) in [6.45, 7) is 3.78. The monoisotopic (exact) mass is 443 g/mol. The van der Waals surface area contributed by atoms with E-state index in [9.17, 15) is 14.4 Å². The summed E-state index contributed by atoms with van der Waals surface area (Å²) in [5.74, 6) is -0.185. The van der Waals surface area contributed by atoms with E-state index in [0.717, 1.165) is 16.8 Å². The van der Waals surface area contributed by atoms with Crippen molar-refractivity contribution in [2.75, 3.05) is 22.5 Å². The number of rotatable bonds is 6. The molecule has 5 rings (SSSR count). The average molecular weight is 444 g/mol. The zero-order valence-corrected chi connectivity index (χ0v) is 18.1. The number of para-hydroxylation sites is 2. The van der Waals surface area contributed by atoms with Gasteiger partial charge in [0.05, 0.1) is 11.4 Å². The predicted octanol–water partition coefficient (Wildman–Crippen LogP) is 4.49. The molecule has 2 aliphatic heterocycles. The molecule has 0 radical (unpaired) electrons. The molecular weight excluding hydrogens is 422 g/mol. The molecule has 1 unspecified atom stereocenters. The molecule has 160 valence electrons. The Hall–Kier alpha value is -3.58. The first-order valence-electron chi connectivity index (χ1n) is 10.4. The van der Waals surface area contributed by atoms with Crippen LogP contribution in [0.2, 0.25) is 0 Å². The summed E-state index contributed by atoms with van der Waals surface area (Å²) in [6, 6.07) is 18.5. The SMILES string of the molecule is C=CCSC1Nc2ccccc2N1C(=O)CCN1C(=O)c2cccc3cccc(c23)C1=O. The first-order valence-corrected chi connectivity index (χ1v) is 11.4. The number of benzene rings is 3. The number of thioether (sulfide) groups is 1. The number of nitrogens with zero attached hydrogens (tertiary/aromatic N) is 2. The number of amides is 3. The summed E-state index contributed by atoms with van der Waals surface area (Å²) in [7, 11) is 0. The van der Waals surface area contributed by atoms with Crippen molar-refractivity contribution in [3.8, 4) is 0 Å². The second-order valence-electron chi connectivity index (χ2n) is 7.62. The van der Waals surface area contributed by atoms with Crippen molar-refractivity contribution in [2.24, 2.45) is 0 Å². The molecule has 2 aliphatic rings. The maximum Gasteiger partial charge on any atom is 0.261 e. The first kappa shape index (κ1) is 20.3. The minimum absolute atomic E-state index is 0.0265. The van der Waals surface area contributed by atoms with Crippen LogP contribution < -0.4 is 10.2 Å². The van der Waals surface area contributed by atoms with Gasteiger partial charge in [0.1, 0.15) is 0 Å². The quantitative estimate of drug-likeness (QED) is 0.449. The lowest BCUT2D eigenvalue weighted by atomic mass is 9.94. The molecule has 7 heteroatoms. The van der Waals surface area contributed by atoms with Crippen LogP contribution in [-0.2, 0) is 4.79 Å². The van der Waals surface area contributed by atoms with E-state index in [2.05, 4.69) is 11.9 Å². The Morgan fingerprint density at radius 2 is 1.69 bits per heavy atom. The van der Waals surface area contributed by atoms with Crippen LogP contribution in [0, 0.1) is 0 Å². The van der Waals surface area contributed by atoms with Gasteiger partial charge in [-0.2, -0.15) is 0 Å². The van der Waals surface area contributed by atoms with Gasteiger partial charge in [0.25, 0.3) is 11.8 Å². The van der Waals surface area contributed by atoms with Crippen molar-refractivity contribution in [2.45, 2.75) is 11.9 Å². The number of fused-ring (bicyclic) bond motifs is 1. The van der Waals surface area contributed by atoms with E-state index < -0.39 is 0 Å². The standard InChI is InChI=1S/C25H21N3O3S/c1-2-15-32-25-26-19-11-3-4-12-20(19)28(25)21(29)13-14-27-23(30)17-9-5-7-16-8-6-10-18(22(16)17)24(27)31/h2-12,25-26H,1,13-15H2. The number of carbonyl (C=O) groups is 3. The lowest BCUT2D eigenvalue weighted by Gasteiger charge is -2.29. The molecule has 0 saturated carbocycles. The Kier molecular flexibility index (Phi) is 5.19. The summed E-state index contributed by atoms with van der Waals surface area (Å²) < 4.78 is 0. The number of carbonyl (C=O) groups excluding carboxylic acids is 3. The first-order chi connectivity index (χ1) is 15.6. The highest BCUT2D eigenvalue weighted by Gasteiger charge is 2.36. The van der Waals surface area contributed by atoms with Crippen LogP contribution in [0.3, 0.4) is 0 Å². The van der Waals surface area contributed by atoms with Crippen molar-refractivity contribution < 1.29 is 14.4 Å². The van der Waals surface area contributed by atoms with Crippen molar-refractivity contribution in [3.63, 3.8) is 0 Å². The van der Waals surface area contributed by atoms with Gasteiger partial charge in [-0.25, -0.2) is 0 Å².